The van der Waals surface area contributed by atoms with Crippen molar-refractivity contribution in [3.8, 4) is 23.1 Å². The van der Waals surface area contributed by atoms with Gasteiger partial charge in [-0.05, 0) is 57.0 Å². The van der Waals surface area contributed by atoms with Crippen molar-refractivity contribution in [1.82, 2.24) is 29.4 Å². The predicted octanol–water partition coefficient (Wildman–Crippen LogP) is 3.21. The number of rotatable bonds is 8. The molecule has 7 rings (SSSR count). The van der Waals surface area contributed by atoms with Crippen LogP contribution in [0.3, 0.4) is 0 Å². The Labute approximate surface area is 225 Å². The molecule has 3 saturated heterocycles. The number of nitrogens with zero attached hydrogens (tertiary/aromatic N) is 6. The molecule has 4 aromatic rings. The van der Waals surface area contributed by atoms with E-state index >= 15 is 4.39 Å². The second-order valence-electron chi connectivity index (χ2n) is 10.2. The van der Waals surface area contributed by atoms with E-state index in [9.17, 15) is 4.79 Å². The van der Waals surface area contributed by atoms with Crippen LogP contribution in [-0.2, 0) is 6.54 Å². The van der Waals surface area contributed by atoms with Gasteiger partial charge >= 0.3 is 6.01 Å². The maximum Gasteiger partial charge on any atom is 0.318 e. The molecular weight excluding hydrogens is 501 g/mol. The molecule has 3 aliphatic rings. The number of nitrogens with two attached hydrogens (primary N) is 1. The van der Waals surface area contributed by atoms with Gasteiger partial charge in [0.05, 0.1) is 26.0 Å². The van der Waals surface area contributed by atoms with Crippen LogP contribution in [0.15, 0.2) is 36.5 Å². The van der Waals surface area contributed by atoms with Gasteiger partial charge in [0.15, 0.2) is 5.65 Å². The Morgan fingerprint density at radius 2 is 1.97 bits per heavy atom. The fourth-order valence-corrected chi connectivity index (χ4v) is 5.64. The fraction of sp³-hybridized carbons (Fsp3) is 0.393. The molecule has 0 radical (unpaired) electrons. The zero-order valence-electron chi connectivity index (χ0n) is 21.9. The summed E-state index contributed by atoms with van der Waals surface area (Å²) in [5.41, 5.74) is 8.23. The van der Waals surface area contributed by atoms with E-state index in [0.29, 0.717) is 58.0 Å². The van der Waals surface area contributed by atoms with Gasteiger partial charge < -0.3 is 24.7 Å². The van der Waals surface area contributed by atoms with E-state index in [4.69, 9.17) is 20.2 Å². The van der Waals surface area contributed by atoms with E-state index in [2.05, 4.69) is 19.9 Å². The third kappa shape index (κ3) is 4.89. The highest BCUT2D eigenvalue weighted by Crippen LogP contribution is 2.33. The highest BCUT2D eigenvalue weighted by atomic mass is 19.1. The third-order valence-electron chi connectivity index (χ3n) is 7.81. The first kappa shape index (κ1) is 25.2. The van der Waals surface area contributed by atoms with Crippen LogP contribution in [0.25, 0.3) is 22.6 Å². The quantitative estimate of drug-likeness (QED) is 0.368. The molecule has 11 heteroatoms. The zero-order valence-corrected chi connectivity index (χ0v) is 21.9. The van der Waals surface area contributed by atoms with Crippen LogP contribution in [0.4, 0.5) is 4.39 Å². The lowest BCUT2D eigenvalue weighted by Crippen LogP contribution is -2.49. The minimum atomic E-state index is -0.626. The van der Waals surface area contributed by atoms with Gasteiger partial charge in [-0.3, -0.25) is 9.78 Å². The Balaban J connectivity index is 1.30. The summed E-state index contributed by atoms with van der Waals surface area (Å²) in [5, 5.41) is 0. The summed E-state index contributed by atoms with van der Waals surface area (Å²) in [6.45, 7) is 5.97. The minimum Gasteiger partial charge on any atom is -0.493 e. The normalized spacial score (nSPS) is 20.3. The molecule has 2 N–H and O–H groups in total. The molecule has 3 aromatic heterocycles. The molecule has 1 amide bonds. The lowest BCUT2D eigenvalue weighted by atomic mass is 9.79. The van der Waals surface area contributed by atoms with Crippen LogP contribution in [0.2, 0.25) is 0 Å². The van der Waals surface area contributed by atoms with Crippen molar-refractivity contribution in [2.45, 2.75) is 26.3 Å². The SMILES string of the molecule is COc1nc(C)c2nc(-c3ccc(C(N)=O)nc3)n(Cc3ccc(OC[C@@H]4CN5CCC4CC5)cc3F)c2n1. The molecular formula is C28H30FN7O3. The summed E-state index contributed by atoms with van der Waals surface area (Å²) in [6, 6.07) is 8.40. The maximum absolute atomic E-state index is 15.4. The van der Waals surface area contributed by atoms with E-state index < -0.39 is 5.91 Å². The van der Waals surface area contributed by atoms with Crippen molar-refractivity contribution in [1.29, 1.82) is 0 Å². The lowest BCUT2D eigenvalue weighted by Gasteiger charge is -2.44. The van der Waals surface area contributed by atoms with E-state index in [0.717, 1.165) is 6.54 Å². The maximum atomic E-state index is 15.4. The molecule has 0 saturated carbocycles. The molecule has 3 aliphatic heterocycles. The fourth-order valence-electron chi connectivity index (χ4n) is 5.64. The number of piperidine rings is 3. The number of carbonyl (C=O) groups is 1. The van der Waals surface area contributed by atoms with Crippen LogP contribution in [0, 0.1) is 24.6 Å². The van der Waals surface area contributed by atoms with Crippen molar-refractivity contribution < 1.29 is 18.7 Å². The number of primary amides is 1. The number of aromatic nitrogens is 5. The first-order chi connectivity index (χ1) is 18.9. The minimum absolute atomic E-state index is 0.138. The van der Waals surface area contributed by atoms with Gasteiger partial charge in [-0.2, -0.15) is 9.97 Å². The van der Waals surface area contributed by atoms with Crippen LogP contribution < -0.4 is 15.2 Å². The standard InChI is InChI=1S/C28H30FN7O3/c1-16-24-27(34-28(32-16)38-2)36(26(33-24)18-4-6-23(25(30)37)31-12-18)14-19-3-5-21(11-22(19)29)39-15-20-13-35-9-7-17(20)8-10-35/h3-6,11-12,17,20H,7-10,13-15H2,1-2H3,(H2,30,37)/t20-/m0/s1. The first-order valence-corrected chi connectivity index (χ1v) is 13.1. The molecule has 0 unspecified atom stereocenters. The molecule has 1 atom stereocenters. The Morgan fingerprint density at radius 3 is 2.62 bits per heavy atom. The smallest absolute Gasteiger partial charge is 0.318 e. The molecule has 1 aromatic carbocycles. The van der Waals surface area contributed by atoms with E-state index in [1.807, 2.05) is 13.0 Å². The van der Waals surface area contributed by atoms with Gasteiger partial charge in [0.25, 0.3) is 5.91 Å². The Morgan fingerprint density at radius 1 is 1.15 bits per heavy atom. The number of pyridine rings is 1. The first-order valence-electron chi connectivity index (χ1n) is 13.1. The Kier molecular flexibility index (Phi) is 6.59. The second kappa shape index (κ2) is 10.2. The topological polar surface area (TPSA) is 121 Å². The average molecular weight is 532 g/mol. The Hall–Kier alpha value is -4.12. The highest BCUT2D eigenvalue weighted by molar-refractivity contribution is 5.91. The van der Waals surface area contributed by atoms with Gasteiger partial charge in [0, 0.05) is 35.9 Å². The van der Waals surface area contributed by atoms with Gasteiger partial charge in [-0.15, -0.1) is 0 Å². The van der Waals surface area contributed by atoms with Crippen molar-refractivity contribution in [2.24, 2.45) is 17.6 Å². The van der Waals surface area contributed by atoms with Crippen molar-refractivity contribution in [2.75, 3.05) is 33.4 Å². The number of ether oxygens (including phenoxy) is 2. The molecule has 0 spiro atoms. The van der Waals surface area contributed by atoms with E-state index in [1.165, 1.54) is 51.4 Å². The number of halogens is 1. The largest absolute Gasteiger partial charge is 0.493 e. The number of hydrogen-bond acceptors (Lipinski definition) is 8. The Bertz CT molecular complexity index is 1530. The summed E-state index contributed by atoms with van der Waals surface area (Å²) in [6.07, 6.45) is 3.95. The lowest BCUT2D eigenvalue weighted by molar-refractivity contribution is 0.0256. The van der Waals surface area contributed by atoms with Gasteiger partial charge in [-0.1, -0.05) is 6.07 Å². The van der Waals surface area contributed by atoms with Crippen molar-refractivity contribution >= 4 is 17.1 Å². The summed E-state index contributed by atoms with van der Waals surface area (Å²) >= 11 is 0. The van der Waals surface area contributed by atoms with Crippen LogP contribution in [0.5, 0.6) is 11.8 Å². The van der Waals surface area contributed by atoms with Crippen LogP contribution in [-0.4, -0.2) is 68.7 Å². The predicted molar refractivity (Wildman–Crippen MR) is 142 cm³/mol. The molecule has 202 valence electrons. The molecule has 3 fully saturated rings. The summed E-state index contributed by atoms with van der Waals surface area (Å²) in [4.78, 5) is 31.7. The number of amides is 1. The monoisotopic (exact) mass is 531 g/mol. The second-order valence-corrected chi connectivity index (χ2v) is 10.2. The number of aryl methyl sites for hydroxylation is 1. The van der Waals surface area contributed by atoms with Crippen LogP contribution in [0.1, 0.15) is 34.6 Å². The number of benzene rings is 1. The molecule has 0 aliphatic carbocycles. The number of hydrogen-bond donors (Lipinski definition) is 1. The average Bonchev–Trinajstić information content (AvgIpc) is 3.32. The highest BCUT2D eigenvalue weighted by Gasteiger charge is 2.34. The van der Waals surface area contributed by atoms with Gasteiger partial charge in [0.1, 0.15) is 28.6 Å². The van der Waals surface area contributed by atoms with Crippen molar-refractivity contribution in [3.63, 3.8) is 0 Å². The van der Waals surface area contributed by atoms with Gasteiger partial charge in [0.2, 0.25) is 0 Å². The summed E-state index contributed by atoms with van der Waals surface area (Å²) < 4.78 is 28.5. The van der Waals surface area contributed by atoms with E-state index in [-0.39, 0.29) is 24.1 Å². The zero-order chi connectivity index (χ0) is 27.1. The van der Waals surface area contributed by atoms with E-state index in [1.54, 1.807) is 16.7 Å². The molecule has 6 heterocycles. The van der Waals surface area contributed by atoms with Crippen molar-refractivity contribution in [3.05, 3.63) is 59.3 Å². The molecule has 10 nitrogen and oxygen atoms in total. The summed E-state index contributed by atoms with van der Waals surface area (Å²) in [7, 11) is 1.49. The third-order valence-corrected chi connectivity index (χ3v) is 7.81. The number of fused-ring (bicyclic) bond motifs is 4. The number of imidazole rings is 1. The molecule has 2 bridgehead atoms. The number of methoxy groups -OCH3 is 1. The number of carbonyl (C=O) groups excluding carboxylic acids is 1. The summed E-state index contributed by atoms with van der Waals surface area (Å²) in [5.74, 6) is 1.20. The van der Waals surface area contributed by atoms with Crippen LogP contribution >= 0.6 is 0 Å². The van der Waals surface area contributed by atoms with Gasteiger partial charge in [-0.25, -0.2) is 9.37 Å². The molecule has 39 heavy (non-hydrogen) atoms.